The monoisotopic (exact) mass is 403 g/mol. The highest BCUT2D eigenvalue weighted by atomic mass is 32.2. The third kappa shape index (κ3) is 3.45. The summed E-state index contributed by atoms with van der Waals surface area (Å²) in [5.74, 6) is 0.842. The number of amides is 1. The summed E-state index contributed by atoms with van der Waals surface area (Å²) in [6.07, 6.45) is 6.16. The predicted octanol–water partition coefficient (Wildman–Crippen LogP) is 3.03. The second-order valence-corrected chi connectivity index (χ2v) is 10.00. The van der Waals surface area contributed by atoms with Crippen LogP contribution in [-0.4, -0.2) is 55.1 Å². The molecule has 0 radical (unpaired) electrons. The number of rotatable bonds is 3. The van der Waals surface area contributed by atoms with Crippen LogP contribution in [-0.2, 0) is 14.8 Å². The summed E-state index contributed by atoms with van der Waals surface area (Å²) < 4.78 is 28.7. The van der Waals surface area contributed by atoms with Gasteiger partial charge in [-0.2, -0.15) is 8.42 Å². The molecule has 3 aliphatic rings. The standard InChI is InChI=1S/C21H29N3O3S/c1-15(2)24(17-7-3-4-8-17)21(25)16-11-13-23(14-12-16)20-18-9-5-6-10-19(18)28(26,27)22-20/h5-6,9-10,15-17H,3-4,7-8,11-14H2,1-2H3. The third-order valence-electron chi connectivity index (χ3n) is 6.29. The normalized spacial score (nSPS) is 22.4. The highest BCUT2D eigenvalue weighted by molar-refractivity contribution is 7.90. The van der Waals surface area contributed by atoms with Gasteiger partial charge in [0.05, 0.1) is 0 Å². The van der Waals surface area contributed by atoms with Crippen LogP contribution in [0.5, 0.6) is 0 Å². The van der Waals surface area contributed by atoms with E-state index in [-0.39, 0.29) is 22.8 Å². The molecule has 1 saturated carbocycles. The van der Waals surface area contributed by atoms with Gasteiger partial charge in [-0.15, -0.1) is 4.40 Å². The lowest BCUT2D eigenvalue weighted by Gasteiger charge is -2.39. The molecule has 4 rings (SSSR count). The van der Waals surface area contributed by atoms with Gasteiger partial charge in [-0.1, -0.05) is 25.0 Å². The number of benzene rings is 1. The fourth-order valence-corrected chi connectivity index (χ4v) is 6.13. The Morgan fingerprint density at radius 2 is 1.75 bits per heavy atom. The van der Waals surface area contributed by atoms with E-state index in [0.29, 0.717) is 30.5 Å². The van der Waals surface area contributed by atoms with Gasteiger partial charge < -0.3 is 9.80 Å². The van der Waals surface area contributed by atoms with Crippen molar-refractivity contribution in [1.82, 2.24) is 9.80 Å². The van der Waals surface area contributed by atoms with Crippen molar-refractivity contribution in [3.63, 3.8) is 0 Å². The van der Waals surface area contributed by atoms with Crippen LogP contribution < -0.4 is 0 Å². The zero-order valence-electron chi connectivity index (χ0n) is 16.7. The maximum Gasteiger partial charge on any atom is 0.285 e. The van der Waals surface area contributed by atoms with Crippen molar-refractivity contribution in [2.75, 3.05) is 13.1 Å². The first-order chi connectivity index (χ1) is 13.4. The van der Waals surface area contributed by atoms with E-state index in [1.165, 1.54) is 12.8 Å². The van der Waals surface area contributed by atoms with Gasteiger partial charge in [0.25, 0.3) is 10.0 Å². The van der Waals surface area contributed by atoms with Crippen molar-refractivity contribution in [2.45, 2.75) is 69.4 Å². The number of fused-ring (bicyclic) bond motifs is 1. The van der Waals surface area contributed by atoms with Crippen LogP contribution in [0.25, 0.3) is 0 Å². The van der Waals surface area contributed by atoms with Gasteiger partial charge in [0.15, 0.2) is 5.84 Å². The molecule has 1 amide bonds. The van der Waals surface area contributed by atoms with E-state index in [1.807, 2.05) is 17.0 Å². The largest absolute Gasteiger partial charge is 0.355 e. The lowest BCUT2D eigenvalue weighted by molar-refractivity contribution is -0.141. The van der Waals surface area contributed by atoms with Crippen molar-refractivity contribution in [3.05, 3.63) is 29.8 Å². The number of hydrogen-bond acceptors (Lipinski definition) is 4. The molecule has 2 fully saturated rings. The number of amidine groups is 1. The van der Waals surface area contributed by atoms with Crippen LogP contribution in [0.1, 0.15) is 57.9 Å². The molecule has 152 valence electrons. The highest BCUT2D eigenvalue weighted by Gasteiger charge is 2.37. The van der Waals surface area contributed by atoms with E-state index in [4.69, 9.17) is 0 Å². The lowest BCUT2D eigenvalue weighted by atomic mass is 9.93. The van der Waals surface area contributed by atoms with Crippen molar-refractivity contribution in [1.29, 1.82) is 0 Å². The lowest BCUT2D eigenvalue weighted by Crippen LogP contribution is -2.49. The first-order valence-electron chi connectivity index (χ1n) is 10.4. The molecule has 2 heterocycles. The van der Waals surface area contributed by atoms with E-state index < -0.39 is 10.0 Å². The molecule has 0 N–H and O–H groups in total. The van der Waals surface area contributed by atoms with Crippen LogP contribution >= 0.6 is 0 Å². The number of carbonyl (C=O) groups is 1. The maximum atomic E-state index is 13.2. The molecule has 7 heteroatoms. The van der Waals surface area contributed by atoms with Gasteiger partial charge in [0.2, 0.25) is 5.91 Å². The summed E-state index contributed by atoms with van der Waals surface area (Å²) in [6.45, 7) is 5.55. The molecule has 2 aliphatic heterocycles. The molecular formula is C21H29N3O3S. The van der Waals surface area contributed by atoms with Crippen molar-refractivity contribution >= 4 is 21.8 Å². The molecule has 28 heavy (non-hydrogen) atoms. The van der Waals surface area contributed by atoms with Crippen molar-refractivity contribution < 1.29 is 13.2 Å². The Morgan fingerprint density at radius 1 is 1.11 bits per heavy atom. The zero-order chi connectivity index (χ0) is 19.9. The van der Waals surface area contributed by atoms with Gasteiger partial charge in [-0.05, 0) is 51.7 Å². The Balaban J connectivity index is 1.46. The fourth-order valence-electron chi connectivity index (χ4n) is 4.90. The minimum atomic E-state index is -3.60. The first-order valence-corrected chi connectivity index (χ1v) is 11.8. The molecular weight excluding hydrogens is 374 g/mol. The SMILES string of the molecule is CC(C)N(C(=O)C1CCN(C2=NS(=O)(=O)c3ccccc32)CC1)C1CCCC1. The van der Waals surface area contributed by atoms with E-state index in [1.54, 1.807) is 12.1 Å². The average Bonchev–Trinajstić information content (AvgIpc) is 3.29. The number of sulfonamides is 1. The Bertz CT molecular complexity index is 880. The second-order valence-electron chi connectivity index (χ2n) is 8.42. The average molecular weight is 404 g/mol. The highest BCUT2D eigenvalue weighted by Crippen LogP contribution is 2.32. The van der Waals surface area contributed by atoms with Gasteiger partial charge in [0, 0.05) is 36.7 Å². The summed E-state index contributed by atoms with van der Waals surface area (Å²) in [5.41, 5.74) is 0.682. The summed E-state index contributed by atoms with van der Waals surface area (Å²) in [5, 5.41) is 0. The van der Waals surface area contributed by atoms with Gasteiger partial charge in [-0.3, -0.25) is 4.79 Å². The van der Waals surface area contributed by atoms with Crippen LogP contribution in [0.3, 0.4) is 0 Å². The number of hydrogen-bond donors (Lipinski definition) is 0. The third-order valence-corrected chi connectivity index (χ3v) is 7.61. The fraction of sp³-hybridized carbons (Fsp3) is 0.619. The van der Waals surface area contributed by atoms with Crippen molar-refractivity contribution in [3.8, 4) is 0 Å². The Kier molecular flexibility index (Phi) is 5.21. The van der Waals surface area contributed by atoms with Crippen LogP contribution in [0.15, 0.2) is 33.6 Å². The molecule has 1 saturated heterocycles. The predicted molar refractivity (Wildman–Crippen MR) is 109 cm³/mol. The zero-order valence-corrected chi connectivity index (χ0v) is 17.5. The molecule has 0 bridgehead atoms. The summed E-state index contributed by atoms with van der Waals surface area (Å²) in [4.78, 5) is 17.7. The van der Waals surface area contributed by atoms with E-state index in [0.717, 1.165) is 25.7 Å². The molecule has 1 aromatic carbocycles. The minimum Gasteiger partial charge on any atom is -0.355 e. The summed E-state index contributed by atoms with van der Waals surface area (Å²) in [7, 11) is -3.60. The topological polar surface area (TPSA) is 70.1 Å². The quantitative estimate of drug-likeness (QED) is 0.778. The van der Waals surface area contributed by atoms with Gasteiger partial charge in [-0.25, -0.2) is 0 Å². The Hall–Kier alpha value is -1.89. The van der Waals surface area contributed by atoms with Crippen LogP contribution in [0.2, 0.25) is 0 Å². The second kappa shape index (κ2) is 7.50. The van der Waals surface area contributed by atoms with Crippen LogP contribution in [0.4, 0.5) is 0 Å². The van der Waals surface area contributed by atoms with Gasteiger partial charge >= 0.3 is 0 Å². The Labute approximate surface area is 167 Å². The first kappa shape index (κ1) is 19.4. The van der Waals surface area contributed by atoms with E-state index >= 15 is 0 Å². The molecule has 0 atom stereocenters. The molecule has 0 aromatic heterocycles. The number of likely N-dealkylation sites (tertiary alicyclic amines) is 1. The molecule has 1 aliphatic carbocycles. The molecule has 6 nitrogen and oxygen atoms in total. The number of nitrogens with zero attached hydrogens (tertiary/aromatic N) is 3. The van der Waals surface area contributed by atoms with Gasteiger partial charge in [0.1, 0.15) is 4.90 Å². The molecule has 0 spiro atoms. The Morgan fingerprint density at radius 3 is 2.39 bits per heavy atom. The number of carbonyl (C=O) groups excluding carboxylic acids is 1. The summed E-state index contributed by atoms with van der Waals surface area (Å²) in [6, 6.07) is 7.61. The van der Waals surface area contributed by atoms with E-state index in [2.05, 4.69) is 23.1 Å². The maximum absolute atomic E-state index is 13.2. The molecule has 0 unspecified atom stereocenters. The minimum absolute atomic E-state index is 0.0214. The smallest absolute Gasteiger partial charge is 0.285 e. The molecule has 1 aromatic rings. The van der Waals surface area contributed by atoms with Crippen molar-refractivity contribution in [2.24, 2.45) is 10.3 Å². The van der Waals surface area contributed by atoms with Crippen LogP contribution in [0, 0.1) is 5.92 Å². The number of piperidine rings is 1. The van der Waals surface area contributed by atoms with E-state index in [9.17, 15) is 13.2 Å². The summed E-state index contributed by atoms with van der Waals surface area (Å²) >= 11 is 0.